The van der Waals surface area contributed by atoms with Crippen molar-refractivity contribution in [2.75, 3.05) is 38.1 Å². The molecule has 3 rings (SSSR count). The van der Waals surface area contributed by atoms with Crippen LogP contribution in [0.4, 0.5) is 5.69 Å². The molecule has 0 radical (unpaired) electrons. The number of piperazine rings is 1. The Morgan fingerprint density at radius 2 is 1.83 bits per heavy atom. The fraction of sp³-hybridized carbons (Fsp3) is 0.350. The maximum absolute atomic E-state index is 12.8. The lowest BCUT2D eigenvalue weighted by Crippen LogP contribution is -2.43. The van der Waals surface area contributed by atoms with Crippen LogP contribution in [0, 0.1) is 6.92 Å². The van der Waals surface area contributed by atoms with Crippen molar-refractivity contribution in [3.8, 4) is 0 Å². The number of benzene rings is 2. The van der Waals surface area contributed by atoms with Crippen LogP contribution in [0.1, 0.15) is 21.5 Å². The second-order valence-corrected chi connectivity index (χ2v) is 6.44. The van der Waals surface area contributed by atoms with Gasteiger partial charge in [0.05, 0.1) is 0 Å². The average Bonchev–Trinajstić information content (AvgIpc) is 2.62. The third-order valence-electron chi connectivity index (χ3n) is 4.40. The smallest absolute Gasteiger partial charge is 0.253 e. The normalized spacial score (nSPS) is 14.5. The highest BCUT2D eigenvalue weighted by Crippen LogP contribution is 2.21. The topological polar surface area (TPSA) is 35.6 Å². The molecule has 24 heavy (non-hydrogen) atoms. The first kappa shape index (κ1) is 16.5. The Balaban J connectivity index is 1.77. The van der Waals surface area contributed by atoms with Crippen LogP contribution in [0.25, 0.3) is 0 Å². The molecule has 0 aromatic heterocycles. The molecule has 0 spiro atoms. The summed E-state index contributed by atoms with van der Waals surface area (Å²) in [7, 11) is 1.86. The number of hydrogen-bond donors (Lipinski definition) is 1. The molecule has 2 aromatic carbocycles. The molecule has 4 heteroatoms. The molecule has 0 saturated carbocycles. The number of rotatable bonds is 4. The minimum atomic E-state index is 0.0685. The zero-order valence-corrected chi connectivity index (χ0v) is 14.5. The van der Waals surface area contributed by atoms with E-state index in [4.69, 9.17) is 0 Å². The third-order valence-corrected chi connectivity index (χ3v) is 4.40. The van der Waals surface area contributed by atoms with Gasteiger partial charge in [-0.25, -0.2) is 0 Å². The van der Waals surface area contributed by atoms with Crippen LogP contribution >= 0.6 is 0 Å². The van der Waals surface area contributed by atoms with Crippen molar-refractivity contribution in [2.45, 2.75) is 13.5 Å². The molecule has 1 aliphatic heterocycles. The van der Waals surface area contributed by atoms with Crippen LogP contribution in [-0.4, -0.2) is 44.0 Å². The monoisotopic (exact) mass is 323 g/mol. The SMILES string of the molecule is Cc1cc(C(=O)N(C)Cc2ccccc2)cc(N2CCNCC2)c1. The Morgan fingerprint density at radius 1 is 1.12 bits per heavy atom. The van der Waals surface area contributed by atoms with Crippen molar-refractivity contribution in [3.05, 3.63) is 65.2 Å². The van der Waals surface area contributed by atoms with Crippen LogP contribution in [0.2, 0.25) is 0 Å². The second kappa shape index (κ2) is 7.49. The fourth-order valence-corrected chi connectivity index (χ4v) is 3.14. The van der Waals surface area contributed by atoms with Gasteiger partial charge in [0.25, 0.3) is 5.91 Å². The molecular formula is C20H25N3O. The highest BCUT2D eigenvalue weighted by molar-refractivity contribution is 5.95. The molecule has 1 fully saturated rings. The maximum atomic E-state index is 12.8. The van der Waals surface area contributed by atoms with Crippen LogP contribution in [0.15, 0.2) is 48.5 Å². The van der Waals surface area contributed by atoms with Gasteiger partial charge in [0.2, 0.25) is 0 Å². The molecule has 1 amide bonds. The fourth-order valence-electron chi connectivity index (χ4n) is 3.14. The highest BCUT2D eigenvalue weighted by Gasteiger charge is 2.16. The van der Waals surface area contributed by atoms with Gasteiger partial charge in [-0.15, -0.1) is 0 Å². The van der Waals surface area contributed by atoms with E-state index in [9.17, 15) is 4.79 Å². The predicted molar refractivity (Wildman–Crippen MR) is 98.5 cm³/mol. The Kier molecular flexibility index (Phi) is 5.16. The van der Waals surface area contributed by atoms with E-state index >= 15 is 0 Å². The quantitative estimate of drug-likeness (QED) is 0.940. The van der Waals surface area contributed by atoms with Crippen molar-refractivity contribution >= 4 is 11.6 Å². The third kappa shape index (κ3) is 3.95. The van der Waals surface area contributed by atoms with E-state index in [-0.39, 0.29) is 5.91 Å². The summed E-state index contributed by atoms with van der Waals surface area (Å²) < 4.78 is 0. The van der Waals surface area contributed by atoms with E-state index in [2.05, 4.69) is 23.2 Å². The summed E-state index contributed by atoms with van der Waals surface area (Å²) in [5.74, 6) is 0.0685. The molecular weight excluding hydrogens is 298 g/mol. The number of hydrogen-bond acceptors (Lipinski definition) is 3. The maximum Gasteiger partial charge on any atom is 0.253 e. The van der Waals surface area contributed by atoms with Gasteiger partial charge in [-0.2, -0.15) is 0 Å². The zero-order chi connectivity index (χ0) is 16.9. The van der Waals surface area contributed by atoms with Crippen molar-refractivity contribution in [3.63, 3.8) is 0 Å². The van der Waals surface area contributed by atoms with Crippen molar-refractivity contribution in [1.29, 1.82) is 0 Å². The lowest BCUT2D eigenvalue weighted by Gasteiger charge is -2.30. The van der Waals surface area contributed by atoms with E-state index < -0.39 is 0 Å². The number of carbonyl (C=O) groups is 1. The van der Waals surface area contributed by atoms with Gasteiger partial charge in [-0.1, -0.05) is 30.3 Å². The van der Waals surface area contributed by atoms with Crippen LogP contribution < -0.4 is 10.2 Å². The minimum Gasteiger partial charge on any atom is -0.369 e. The molecule has 1 heterocycles. The standard InChI is InChI=1S/C20H25N3O/c1-16-12-18(14-19(13-16)23-10-8-21-9-11-23)20(24)22(2)15-17-6-4-3-5-7-17/h3-7,12-14,21H,8-11,15H2,1-2H3. The summed E-state index contributed by atoms with van der Waals surface area (Å²) in [6.07, 6.45) is 0. The summed E-state index contributed by atoms with van der Waals surface area (Å²) in [6.45, 7) is 6.63. The summed E-state index contributed by atoms with van der Waals surface area (Å²) in [4.78, 5) is 17.0. The summed E-state index contributed by atoms with van der Waals surface area (Å²) in [5, 5.41) is 3.37. The van der Waals surface area contributed by atoms with Gasteiger partial charge in [0, 0.05) is 51.0 Å². The minimum absolute atomic E-state index is 0.0685. The number of anilines is 1. The molecule has 4 nitrogen and oxygen atoms in total. The van der Waals surface area contributed by atoms with Crippen molar-refractivity contribution < 1.29 is 4.79 Å². The second-order valence-electron chi connectivity index (χ2n) is 6.44. The van der Waals surface area contributed by atoms with E-state index in [0.29, 0.717) is 6.54 Å². The zero-order valence-electron chi connectivity index (χ0n) is 14.5. The van der Waals surface area contributed by atoms with Crippen LogP contribution in [-0.2, 0) is 6.54 Å². The number of amides is 1. The van der Waals surface area contributed by atoms with Gasteiger partial charge in [0.15, 0.2) is 0 Å². The first-order chi connectivity index (χ1) is 11.6. The van der Waals surface area contributed by atoms with Crippen LogP contribution in [0.3, 0.4) is 0 Å². The predicted octanol–water partition coefficient (Wildman–Crippen LogP) is 2.68. The summed E-state index contributed by atoms with van der Waals surface area (Å²) >= 11 is 0. The molecule has 126 valence electrons. The molecule has 0 unspecified atom stereocenters. The largest absolute Gasteiger partial charge is 0.369 e. The summed E-state index contributed by atoms with van der Waals surface area (Å²) in [6, 6.07) is 16.3. The van der Waals surface area contributed by atoms with Crippen LogP contribution in [0.5, 0.6) is 0 Å². The Labute approximate surface area is 144 Å². The molecule has 0 aliphatic carbocycles. The van der Waals surface area contributed by atoms with Gasteiger partial charge in [-0.05, 0) is 36.2 Å². The number of nitrogens with zero attached hydrogens (tertiary/aromatic N) is 2. The van der Waals surface area contributed by atoms with Gasteiger partial charge < -0.3 is 15.1 Å². The molecule has 1 N–H and O–H groups in total. The van der Waals surface area contributed by atoms with Gasteiger partial charge in [0.1, 0.15) is 0 Å². The number of carbonyl (C=O) groups excluding carboxylic acids is 1. The average molecular weight is 323 g/mol. The molecule has 0 bridgehead atoms. The molecule has 1 aliphatic rings. The Morgan fingerprint density at radius 3 is 2.54 bits per heavy atom. The van der Waals surface area contributed by atoms with Gasteiger partial charge >= 0.3 is 0 Å². The first-order valence-corrected chi connectivity index (χ1v) is 8.50. The Hall–Kier alpha value is -2.33. The van der Waals surface area contributed by atoms with E-state index in [1.807, 2.05) is 49.5 Å². The molecule has 1 saturated heterocycles. The lowest BCUT2D eigenvalue weighted by molar-refractivity contribution is 0.0785. The van der Waals surface area contributed by atoms with E-state index in [1.54, 1.807) is 4.90 Å². The number of nitrogens with one attached hydrogen (secondary N) is 1. The van der Waals surface area contributed by atoms with Crippen molar-refractivity contribution in [1.82, 2.24) is 10.2 Å². The Bertz CT molecular complexity index is 693. The number of aryl methyl sites for hydroxylation is 1. The van der Waals surface area contributed by atoms with E-state index in [1.165, 1.54) is 0 Å². The van der Waals surface area contributed by atoms with Crippen molar-refractivity contribution in [2.24, 2.45) is 0 Å². The first-order valence-electron chi connectivity index (χ1n) is 8.50. The lowest BCUT2D eigenvalue weighted by atomic mass is 10.1. The van der Waals surface area contributed by atoms with E-state index in [0.717, 1.165) is 48.6 Å². The molecule has 0 atom stereocenters. The summed E-state index contributed by atoms with van der Waals surface area (Å²) in [5.41, 5.74) is 4.18. The van der Waals surface area contributed by atoms with Gasteiger partial charge in [-0.3, -0.25) is 4.79 Å². The highest BCUT2D eigenvalue weighted by atomic mass is 16.2. The molecule has 2 aromatic rings.